The van der Waals surface area contributed by atoms with Gasteiger partial charge in [-0.25, -0.2) is 0 Å². The van der Waals surface area contributed by atoms with Crippen LogP contribution in [0.25, 0.3) is 0 Å². The second-order valence-electron chi connectivity index (χ2n) is 5.59. The third kappa shape index (κ3) is 4.04. The molecule has 3 nitrogen and oxygen atoms in total. The van der Waals surface area contributed by atoms with Crippen molar-refractivity contribution in [2.45, 2.75) is 45.5 Å². The number of ether oxygens (including phenoxy) is 1. The fraction of sp³-hybridized carbons (Fsp3) is 0.625. The van der Waals surface area contributed by atoms with Gasteiger partial charge in [-0.3, -0.25) is 4.90 Å². The summed E-state index contributed by atoms with van der Waals surface area (Å²) in [6.07, 6.45) is 1.47. The number of hydrogen-bond donors (Lipinski definition) is 1. The van der Waals surface area contributed by atoms with Gasteiger partial charge in [0.15, 0.2) is 0 Å². The number of hydrogen-bond acceptors (Lipinski definition) is 3. The Morgan fingerprint density at radius 1 is 1.45 bits per heavy atom. The number of rotatable bonds is 5. The van der Waals surface area contributed by atoms with Gasteiger partial charge in [-0.1, -0.05) is 35.0 Å². The van der Waals surface area contributed by atoms with Crippen molar-refractivity contribution in [1.29, 1.82) is 0 Å². The van der Waals surface area contributed by atoms with E-state index in [0.29, 0.717) is 12.1 Å². The van der Waals surface area contributed by atoms with Gasteiger partial charge in [0.25, 0.3) is 0 Å². The molecular formula is C16H25BrN2O. The Kier molecular flexibility index (Phi) is 6.02. The fourth-order valence-electron chi connectivity index (χ4n) is 2.73. The lowest BCUT2D eigenvalue weighted by atomic mass is 10.1. The molecule has 0 bridgehead atoms. The van der Waals surface area contributed by atoms with Gasteiger partial charge in [0, 0.05) is 30.1 Å². The summed E-state index contributed by atoms with van der Waals surface area (Å²) in [5.41, 5.74) is 2.67. The predicted molar refractivity (Wildman–Crippen MR) is 86.8 cm³/mol. The summed E-state index contributed by atoms with van der Waals surface area (Å²) in [5, 5.41) is 3.19. The summed E-state index contributed by atoms with van der Waals surface area (Å²) in [6.45, 7) is 8.17. The van der Waals surface area contributed by atoms with Crippen LogP contribution >= 0.6 is 15.9 Å². The summed E-state index contributed by atoms with van der Waals surface area (Å²) < 4.78 is 6.98. The molecule has 1 aromatic rings. The highest BCUT2D eigenvalue weighted by Gasteiger charge is 2.25. The van der Waals surface area contributed by atoms with Gasteiger partial charge >= 0.3 is 0 Å². The van der Waals surface area contributed by atoms with Crippen molar-refractivity contribution < 1.29 is 4.74 Å². The summed E-state index contributed by atoms with van der Waals surface area (Å²) in [7, 11) is 1.97. The topological polar surface area (TPSA) is 24.5 Å². The molecule has 1 heterocycles. The van der Waals surface area contributed by atoms with Gasteiger partial charge in [-0.15, -0.1) is 0 Å². The van der Waals surface area contributed by atoms with Crippen LogP contribution in [0.5, 0.6) is 0 Å². The molecule has 2 rings (SSSR count). The summed E-state index contributed by atoms with van der Waals surface area (Å²) in [6, 6.07) is 7.21. The number of halogens is 1. The van der Waals surface area contributed by atoms with E-state index in [9.17, 15) is 0 Å². The van der Waals surface area contributed by atoms with Crippen molar-refractivity contribution in [3.8, 4) is 0 Å². The molecule has 2 atom stereocenters. The second kappa shape index (κ2) is 7.55. The maximum atomic E-state index is 5.77. The minimum absolute atomic E-state index is 0.333. The lowest BCUT2D eigenvalue weighted by molar-refractivity contribution is -0.0592. The first-order valence-corrected chi connectivity index (χ1v) is 8.20. The fourth-order valence-corrected chi connectivity index (χ4v) is 3.29. The van der Waals surface area contributed by atoms with Gasteiger partial charge in [-0.05, 0) is 37.6 Å². The predicted octanol–water partition coefficient (Wildman–Crippen LogP) is 3.17. The number of benzene rings is 1. The lowest BCUT2D eigenvalue weighted by Gasteiger charge is -2.38. The first kappa shape index (κ1) is 16.0. The van der Waals surface area contributed by atoms with E-state index in [0.717, 1.165) is 32.7 Å². The molecule has 20 heavy (non-hydrogen) atoms. The van der Waals surface area contributed by atoms with Gasteiger partial charge < -0.3 is 10.1 Å². The largest absolute Gasteiger partial charge is 0.376 e. The molecule has 4 heteroatoms. The highest BCUT2D eigenvalue weighted by molar-refractivity contribution is 9.10. The van der Waals surface area contributed by atoms with E-state index in [1.807, 2.05) is 7.05 Å². The standard InChI is InChI=1S/C16H25BrN2O/c1-4-15-11-20-12(2)9-19(15)10-14-6-5-13(8-18-3)7-16(14)17/h5-7,12,15,18H,4,8-11H2,1-3H3. The minimum atomic E-state index is 0.333. The van der Waals surface area contributed by atoms with Crippen LogP contribution in [0.3, 0.4) is 0 Å². The molecule has 0 amide bonds. The van der Waals surface area contributed by atoms with Crippen LogP contribution in [0.4, 0.5) is 0 Å². The van der Waals surface area contributed by atoms with Crippen LogP contribution in [-0.4, -0.2) is 37.2 Å². The van der Waals surface area contributed by atoms with E-state index >= 15 is 0 Å². The molecular weight excluding hydrogens is 316 g/mol. The van der Waals surface area contributed by atoms with E-state index in [1.165, 1.54) is 15.6 Å². The molecule has 0 aliphatic carbocycles. The third-order valence-corrected chi connectivity index (χ3v) is 4.66. The van der Waals surface area contributed by atoms with Gasteiger partial charge in [-0.2, -0.15) is 0 Å². The van der Waals surface area contributed by atoms with Gasteiger partial charge in [0.05, 0.1) is 12.7 Å². The van der Waals surface area contributed by atoms with E-state index in [-0.39, 0.29) is 0 Å². The van der Waals surface area contributed by atoms with Crippen molar-refractivity contribution in [3.63, 3.8) is 0 Å². The zero-order valence-electron chi connectivity index (χ0n) is 12.7. The van der Waals surface area contributed by atoms with Gasteiger partial charge in [0.1, 0.15) is 0 Å². The second-order valence-corrected chi connectivity index (χ2v) is 6.45. The Hall–Kier alpha value is -0.420. The number of nitrogens with one attached hydrogen (secondary N) is 1. The maximum absolute atomic E-state index is 5.77. The van der Waals surface area contributed by atoms with E-state index in [1.54, 1.807) is 0 Å². The molecule has 0 radical (unpaired) electrons. The van der Waals surface area contributed by atoms with Crippen LogP contribution in [0.2, 0.25) is 0 Å². The van der Waals surface area contributed by atoms with Crippen LogP contribution in [0, 0.1) is 0 Å². The maximum Gasteiger partial charge on any atom is 0.0674 e. The van der Waals surface area contributed by atoms with Crippen LogP contribution in [0.15, 0.2) is 22.7 Å². The van der Waals surface area contributed by atoms with Crippen molar-refractivity contribution in [2.24, 2.45) is 0 Å². The monoisotopic (exact) mass is 340 g/mol. The molecule has 0 spiro atoms. The van der Waals surface area contributed by atoms with Crippen molar-refractivity contribution in [1.82, 2.24) is 10.2 Å². The Balaban J connectivity index is 2.07. The molecule has 0 aromatic heterocycles. The highest BCUT2D eigenvalue weighted by Crippen LogP contribution is 2.24. The van der Waals surface area contributed by atoms with Crippen molar-refractivity contribution in [3.05, 3.63) is 33.8 Å². The molecule has 1 N–H and O–H groups in total. The average molecular weight is 341 g/mol. The highest BCUT2D eigenvalue weighted by atomic mass is 79.9. The number of nitrogens with zero attached hydrogens (tertiary/aromatic N) is 1. The van der Waals surface area contributed by atoms with Crippen molar-refractivity contribution >= 4 is 15.9 Å². The Labute approximate surface area is 130 Å². The van der Waals surface area contributed by atoms with Crippen LogP contribution < -0.4 is 5.32 Å². The van der Waals surface area contributed by atoms with Crippen LogP contribution in [0.1, 0.15) is 31.4 Å². The molecule has 1 aromatic carbocycles. The van der Waals surface area contributed by atoms with E-state index < -0.39 is 0 Å². The summed E-state index contributed by atoms with van der Waals surface area (Å²) >= 11 is 3.72. The quantitative estimate of drug-likeness (QED) is 0.890. The molecule has 1 aliphatic heterocycles. The lowest BCUT2D eigenvalue weighted by Crippen LogP contribution is -2.47. The molecule has 1 aliphatic rings. The third-order valence-electron chi connectivity index (χ3n) is 3.92. The van der Waals surface area contributed by atoms with E-state index in [4.69, 9.17) is 4.74 Å². The molecule has 2 unspecified atom stereocenters. The zero-order chi connectivity index (χ0) is 14.5. The zero-order valence-corrected chi connectivity index (χ0v) is 14.2. The molecule has 112 valence electrons. The molecule has 1 saturated heterocycles. The molecule has 0 saturated carbocycles. The van der Waals surface area contributed by atoms with Crippen molar-refractivity contribution in [2.75, 3.05) is 20.2 Å². The first-order chi connectivity index (χ1) is 9.63. The minimum Gasteiger partial charge on any atom is -0.376 e. The Morgan fingerprint density at radius 2 is 2.25 bits per heavy atom. The number of morpholine rings is 1. The van der Waals surface area contributed by atoms with Gasteiger partial charge in [0.2, 0.25) is 0 Å². The summed E-state index contributed by atoms with van der Waals surface area (Å²) in [5.74, 6) is 0. The Bertz CT molecular complexity index is 438. The van der Waals surface area contributed by atoms with E-state index in [2.05, 4.69) is 58.2 Å². The average Bonchev–Trinajstić information content (AvgIpc) is 2.42. The van der Waals surface area contributed by atoms with Crippen LogP contribution in [-0.2, 0) is 17.8 Å². The smallest absolute Gasteiger partial charge is 0.0674 e. The SMILES string of the molecule is CCC1COC(C)CN1Cc1ccc(CNC)cc1Br. The molecule has 1 fully saturated rings. The Morgan fingerprint density at radius 3 is 2.90 bits per heavy atom. The summed E-state index contributed by atoms with van der Waals surface area (Å²) in [4.78, 5) is 2.55. The normalized spacial score (nSPS) is 24.0. The first-order valence-electron chi connectivity index (χ1n) is 7.41.